The predicted molar refractivity (Wildman–Crippen MR) is 76.8 cm³/mol. The molecular formula is C15H18N2O3. The number of aromatic nitrogens is 1. The molecule has 5 nitrogen and oxygen atoms in total. The van der Waals surface area contributed by atoms with E-state index >= 15 is 0 Å². The maximum absolute atomic E-state index is 11.8. The van der Waals surface area contributed by atoms with Gasteiger partial charge in [-0.1, -0.05) is 12.1 Å². The van der Waals surface area contributed by atoms with E-state index in [4.69, 9.17) is 4.74 Å². The van der Waals surface area contributed by atoms with E-state index in [0.29, 0.717) is 18.7 Å². The molecule has 0 aliphatic heterocycles. The Kier molecular flexibility index (Phi) is 4.90. The first-order valence-electron chi connectivity index (χ1n) is 6.55. The van der Waals surface area contributed by atoms with Crippen molar-refractivity contribution in [3.8, 4) is 0 Å². The van der Waals surface area contributed by atoms with Crippen LogP contribution in [0.25, 0.3) is 10.9 Å². The van der Waals surface area contributed by atoms with Crippen LogP contribution in [0.5, 0.6) is 0 Å². The molecule has 0 radical (unpaired) electrons. The van der Waals surface area contributed by atoms with Crippen molar-refractivity contribution in [1.82, 2.24) is 9.88 Å². The van der Waals surface area contributed by atoms with Gasteiger partial charge >= 0.3 is 0 Å². The third-order valence-electron chi connectivity index (χ3n) is 3.14. The van der Waals surface area contributed by atoms with E-state index in [2.05, 4.69) is 5.32 Å². The van der Waals surface area contributed by atoms with Crippen LogP contribution in [0.2, 0.25) is 0 Å². The number of carbonyl (C=O) groups excluding carboxylic acids is 2. The normalized spacial score (nSPS) is 10.7. The third-order valence-corrected chi connectivity index (χ3v) is 3.14. The van der Waals surface area contributed by atoms with Gasteiger partial charge in [-0.25, -0.2) is 0 Å². The molecule has 0 fully saturated rings. The molecular weight excluding hydrogens is 256 g/mol. The Morgan fingerprint density at radius 2 is 2.25 bits per heavy atom. The smallest absolute Gasteiger partial charge is 0.239 e. The van der Waals surface area contributed by atoms with Gasteiger partial charge in [0.05, 0.1) is 0 Å². The van der Waals surface area contributed by atoms with Crippen molar-refractivity contribution in [1.29, 1.82) is 0 Å². The highest BCUT2D eigenvalue weighted by Gasteiger charge is 2.08. The quantitative estimate of drug-likeness (QED) is 0.616. The molecule has 0 atom stereocenters. The van der Waals surface area contributed by atoms with Crippen LogP contribution in [0, 0.1) is 0 Å². The highest BCUT2D eigenvalue weighted by molar-refractivity contribution is 5.97. The maximum Gasteiger partial charge on any atom is 0.239 e. The predicted octanol–water partition coefficient (Wildman–Crippen LogP) is 1.61. The summed E-state index contributed by atoms with van der Waals surface area (Å²) in [6.45, 7) is 1.49. The maximum atomic E-state index is 11.8. The van der Waals surface area contributed by atoms with E-state index in [1.54, 1.807) is 13.2 Å². The van der Waals surface area contributed by atoms with Crippen molar-refractivity contribution in [2.24, 2.45) is 0 Å². The molecule has 0 bridgehead atoms. The lowest BCUT2D eigenvalue weighted by molar-refractivity contribution is -0.121. The number of nitrogens with zero attached hydrogens (tertiary/aromatic N) is 1. The van der Waals surface area contributed by atoms with Gasteiger partial charge in [0.15, 0.2) is 6.29 Å². The lowest BCUT2D eigenvalue weighted by Crippen LogP contribution is -2.28. The molecule has 0 saturated carbocycles. The van der Waals surface area contributed by atoms with Gasteiger partial charge < -0.3 is 14.6 Å². The van der Waals surface area contributed by atoms with Crippen LogP contribution in [0.1, 0.15) is 16.8 Å². The molecule has 20 heavy (non-hydrogen) atoms. The van der Waals surface area contributed by atoms with Crippen molar-refractivity contribution < 1.29 is 14.3 Å². The van der Waals surface area contributed by atoms with Gasteiger partial charge in [0.2, 0.25) is 5.91 Å². The number of aldehydes is 1. The number of amides is 1. The lowest BCUT2D eigenvalue weighted by atomic mass is 10.1. The minimum absolute atomic E-state index is 0.0462. The van der Waals surface area contributed by atoms with Crippen molar-refractivity contribution in [3.63, 3.8) is 0 Å². The summed E-state index contributed by atoms with van der Waals surface area (Å²) in [5, 5.41) is 3.71. The minimum Gasteiger partial charge on any atom is -0.385 e. The van der Waals surface area contributed by atoms with Gasteiger partial charge in [-0.2, -0.15) is 0 Å². The first-order valence-corrected chi connectivity index (χ1v) is 6.55. The van der Waals surface area contributed by atoms with Crippen molar-refractivity contribution in [2.45, 2.75) is 13.0 Å². The van der Waals surface area contributed by atoms with Crippen LogP contribution in [-0.2, 0) is 16.1 Å². The number of hydrogen-bond acceptors (Lipinski definition) is 3. The second kappa shape index (κ2) is 6.86. The van der Waals surface area contributed by atoms with Crippen molar-refractivity contribution >= 4 is 23.1 Å². The van der Waals surface area contributed by atoms with Crippen LogP contribution >= 0.6 is 0 Å². The van der Waals surface area contributed by atoms with E-state index in [9.17, 15) is 9.59 Å². The molecule has 0 spiro atoms. The standard InChI is InChI=1S/C15H18N2O3/c1-20-9-3-7-16-15(19)10-17-8-6-13-12(11-18)4-2-5-14(13)17/h2,4-6,8,11H,3,7,9-10H2,1H3,(H,16,19). The first kappa shape index (κ1) is 14.3. The first-order chi connectivity index (χ1) is 9.76. The summed E-state index contributed by atoms with van der Waals surface area (Å²) in [6, 6.07) is 7.35. The monoisotopic (exact) mass is 274 g/mol. The summed E-state index contributed by atoms with van der Waals surface area (Å²) in [5.41, 5.74) is 1.53. The zero-order chi connectivity index (χ0) is 14.4. The Morgan fingerprint density at radius 3 is 3.00 bits per heavy atom. The SMILES string of the molecule is COCCCNC(=O)Cn1ccc2c(C=O)cccc21. The average molecular weight is 274 g/mol. The fraction of sp³-hybridized carbons (Fsp3) is 0.333. The molecule has 1 aromatic heterocycles. The summed E-state index contributed by atoms with van der Waals surface area (Å²) in [5.74, 6) is -0.0462. The molecule has 1 heterocycles. The molecule has 106 valence electrons. The number of rotatable bonds is 7. The fourth-order valence-corrected chi connectivity index (χ4v) is 2.14. The summed E-state index contributed by atoms with van der Waals surface area (Å²) in [6.07, 6.45) is 3.45. The number of fused-ring (bicyclic) bond motifs is 1. The van der Waals surface area contributed by atoms with E-state index in [1.807, 2.05) is 29.0 Å². The minimum atomic E-state index is -0.0462. The van der Waals surface area contributed by atoms with Gasteiger partial charge in [0.1, 0.15) is 6.54 Å². The number of carbonyl (C=O) groups is 2. The fourth-order valence-electron chi connectivity index (χ4n) is 2.14. The van der Waals surface area contributed by atoms with Crippen LogP contribution in [0.3, 0.4) is 0 Å². The topological polar surface area (TPSA) is 60.3 Å². The van der Waals surface area contributed by atoms with Crippen LogP contribution < -0.4 is 5.32 Å². The summed E-state index contributed by atoms with van der Waals surface area (Å²) in [7, 11) is 1.64. The Morgan fingerprint density at radius 1 is 1.40 bits per heavy atom. The Bertz CT molecular complexity index is 604. The average Bonchev–Trinajstić information content (AvgIpc) is 2.87. The third kappa shape index (κ3) is 3.24. The van der Waals surface area contributed by atoms with Crippen LogP contribution in [0.4, 0.5) is 0 Å². The highest BCUT2D eigenvalue weighted by atomic mass is 16.5. The number of hydrogen-bond donors (Lipinski definition) is 1. The van der Waals surface area contributed by atoms with E-state index in [0.717, 1.165) is 23.6 Å². The molecule has 1 amide bonds. The second-order valence-electron chi connectivity index (χ2n) is 4.54. The molecule has 2 aromatic rings. The van der Waals surface area contributed by atoms with Gasteiger partial charge in [0.25, 0.3) is 0 Å². The van der Waals surface area contributed by atoms with Crippen LogP contribution in [-0.4, -0.2) is 37.0 Å². The Hall–Kier alpha value is -2.14. The molecule has 1 N–H and O–H groups in total. The highest BCUT2D eigenvalue weighted by Crippen LogP contribution is 2.18. The summed E-state index contributed by atoms with van der Waals surface area (Å²) >= 11 is 0. The molecule has 5 heteroatoms. The Labute approximate surface area is 117 Å². The number of benzene rings is 1. The molecule has 0 unspecified atom stereocenters. The van der Waals surface area contributed by atoms with E-state index in [1.165, 1.54) is 0 Å². The van der Waals surface area contributed by atoms with Crippen molar-refractivity contribution in [2.75, 3.05) is 20.3 Å². The number of methoxy groups -OCH3 is 1. The summed E-state index contributed by atoms with van der Waals surface area (Å²) < 4.78 is 6.76. The molecule has 0 aliphatic carbocycles. The van der Waals surface area contributed by atoms with Crippen LogP contribution in [0.15, 0.2) is 30.5 Å². The molecule has 0 aliphatic rings. The van der Waals surface area contributed by atoms with E-state index in [-0.39, 0.29) is 12.5 Å². The van der Waals surface area contributed by atoms with Crippen molar-refractivity contribution in [3.05, 3.63) is 36.0 Å². The second-order valence-corrected chi connectivity index (χ2v) is 4.54. The zero-order valence-electron chi connectivity index (χ0n) is 11.5. The van der Waals surface area contributed by atoms with Gasteiger partial charge in [0, 0.05) is 42.9 Å². The van der Waals surface area contributed by atoms with Gasteiger partial charge in [-0.05, 0) is 18.6 Å². The van der Waals surface area contributed by atoms with E-state index < -0.39 is 0 Å². The lowest BCUT2D eigenvalue weighted by Gasteiger charge is -2.07. The number of ether oxygens (including phenoxy) is 1. The molecule has 1 aromatic carbocycles. The number of nitrogens with one attached hydrogen (secondary N) is 1. The molecule has 0 saturated heterocycles. The van der Waals surface area contributed by atoms with Gasteiger partial charge in [-0.3, -0.25) is 9.59 Å². The largest absolute Gasteiger partial charge is 0.385 e. The summed E-state index contributed by atoms with van der Waals surface area (Å²) in [4.78, 5) is 22.8. The molecule has 2 rings (SSSR count). The zero-order valence-corrected chi connectivity index (χ0v) is 11.5. The Balaban J connectivity index is 2.03. The van der Waals surface area contributed by atoms with Gasteiger partial charge in [-0.15, -0.1) is 0 Å².